The van der Waals surface area contributed by atoms with Gasteiger partial charge in [-0.15, -0.1) is 0 Å². The predicted molar refractivity (Wildman–Crippen MR) is 94.3 cm³/mol. The summed E-state index contributed by atoms with van der Waals surface area (Å²) in [5, 5.41) is 4.11. The molecular weight excluding hydrogens is 328 g/mol. The summed E-state index contributed by atoms with van der Waals surface area (Å²) in [6.07, 6.45) is 1.86. The van der Waals surface area contributed by atoms with Crippen LogP contribution in [0.15, 0.2) is 24.3 Å². The minimum absolute atomic E-state index is 0.0624. The van der Waals surface area contributed by atoms with Gasteiger partial charge in [-0.3, -0.25) is 9.78 Å². The highest BCUT2D eigenvalue weighted by Crippen LogP contribution is 2.21. The molecule has 1 heterocycles. The number of ether oxygens (including phenoxy) is 1. The minimum atomic E-state index is -0.569. The quantitative estimate of drug-likeness (QED) is 0.809. The standard InChI is InChI=1S/C18H21ClN2O3/c1-4-5-11(2)20-17(22)10-24-18(23)15-9-13-8-14(19)6-7-16(13)21-12(15)3/h6-9,11H,4-5,10H2,1-3H3,(H,20,22). The van der Waals surface area contributed by atoms with Crippen molar-refractivity contribution < 1.29 is 14.3 Å². The van der Waals surface area contributed by atoms with Gasteiger partial charge in [-0.05, 0) is 44.5 Å². The Bertz CT molecular complexity index is 761. The second-order valence-corrected chi connectivity index (χ2v) is 6.23. The van der Waals surface area contributed by atoms with Gasteiger partial charge in [0, 0.05) is 16.5 Å². The number of aromatic nitrogens is 1. The Morgan fingerprint density at radius 2 is 2.08 bits per heavy atom. The number of amides is 1. The van der Waals surface area contributed by atoms with Crippen molar-refractivity contribution in [3.05, 3.63) is 40.5 Å². The van der Waals surface area contributed by atoms with Crippen molar-refractivity contribution in [3.8, 4) is 0 Å². The molecule has 128 valence electrons. The average molecular weight is 349 g/mol. The van der Waals surface area contributed by atoms with Crippen LogP contribution in [-0.4, -0.2) is 29.5 Å². The average Bonchev–Trinajstić information content (AvgIpc) is 2.52. The van der Waals surface area contributed by atoms with Crippen LogP contribution in [0.5, 0.6) is 0 Å². The van der Waals surface area contributed by atoms with Gasteiger partial charge in [-0.2, -0.15) is 0 Å². The van der Waals surface area contributed by atoms with E-state index in [0.29, 0.717) is 16.3 Å². The third-order valence-corrected chi connectivity index (χ3v) is 3.89. The first-order chi connectivity index (χ1) is 11.4. The molecular formula is C18H21ClN2O3. The number of pyridine rings is 1. The first-order valence-electron chi connectivity index (χ1n) is 7.94. The van der Waals surface area contributed by atoms with Gasteiger partial charge in [-0.1, -0.05) is 24.9 Å². The molecule has 1 unspecified atom stereocenters. The van der Waals surface area contributed by atoms with Crippen LogP contribution >= 0.6 is 11.6 Å². The Kier molecular flexibility index (Phi) is 6.15. The molecule has 1 amide bonds. The molecule has 0 saturated heterocycles. The van der Waals surface area contributed by atoms with Crippen molar-refractivity contribution in [2.75, 3.05) is 6.61 Å². The summed E-state index contributed by atoms with van der Waals surface area (Å²) in [7, 11) is 0. The lowest BCUT2D eigenvalue weighted by Gasteiger charge is -2.13. The Labute approximate surface area is 146 Å². The molecule has 0 bridgehead atoms. The molecule has 2 aromatic rings. The van der Waals surface area contributed by atoms with Crippen molar-refractivity contribution in [2.24, 2.45) is 0 Å². The normalized spacial score (nSPS) is 12.0. The fraction of sp³-hybridized carbons (Fsp3) is 0.389. The number of aryl methyl sites for hydroxylation is 1. The van der Waals surface area contributed by atoms with E-state index in [1.54, 1.807) is 31.2 Å². The van der Waals surface area contributed by atoms with E-state index in [2.05, 4.69) is 10.3 Å². The Hall–Kier alpha value is -2.14. The number of carbonyl (C=O) groups is 2. The smallest absolute Gasteiger partial charge is 0.340 e. The van der Waals surface area contributed by atoms with Gasteiger partial charge in [-0.25, -0.2) is 4.79 Å². The van der Waals surface area contributed by atoms with Crippen molar-refractivity contribution in [3.63, 3.8) is 0 Å². The fourth-order valence-electron chi connectivity index (χ4n) is 2.48. The zero-order valence-corrected chi connectivity index (χ0v) is 14.8. The van der Waals surface area contributed by atoms with E-state index < -0.39 is 5.97 Å². The SMILES string of the molecule is CCCC(C)NC(=O)COC(=O)c1cc2cc(Cl)ccc2nc1C. The van der Waals surface area contributed by atoms with E-state index in [0.717, 1.165) is 23.7 Å². The number of carbonyl (C=O) groups excluding carboxylic acids is 2. The summed E-state index contributed by atoms with van der Waals surface area (Å²) in [5.41, 5.74) is 1.63. The van der Waals surface area contributed by atoms with Crippen molar-refractivity contribution >= 4 is 34.4 Å². The summed E-state index contributed by atoms with van der Waals surface area (Å²) in [4.78, 5) is 28.4. The van der Waals surface area contributed by atoms with Gasteiger partial charge >= 0.3 is 5.97 Å². The molecule has 24 heavy (non-hydrogen) atoms. The van der Waals surface area contributed by atoms with Crippen LogP contribution in [0, 0.1) is 6.92 Å². The van der Waals surface area contributed by atoms with Crippen LogP contribution in [-0.2, 0) is 9.53 Å². The number of esters is 1. The summed E-state index contributed by atoms with van der Waals surface area (Å²) in [6, 6.07) is 7.02. The topological polar surface area (TPSA) is 68.3 Å². The fourth-order valence-corrected chi connectivity index (χ4v) is 2.66. The van der Waals surface area contributed by atoms with Gasteiger partial charge in [0.1, 0.15) is 0 Å². The van der Waals surface area contributed by atoms with Gasteiger partial charge in [0.25, 0.3) is 5.91 Å². The summed E-state index contributed by atoms with van der Waals surface area (Å²) in [5.74, 6) is -0.876. The van der Waals surface area contributed by atoms with Gasteiger partial charge in [0.15, 0.2) is 6.61 Å². The van der Waals surface area contributed by atoms with Crippen molar-refractivity contribution in [1.29, 1.82) is 0 Å². The van der Waals surface area contributed by atoms with Crippen LogP contribution in [0.2, 0.25) is 5.02 Å². The molecule has 0 aliphatic carbocycles. The summed E-state index contributed by atoms with van der Waals surface area (Å²) >= 11 is 5.97. The Balaban J connectivity index is 2.05. The molecule has 0 fully saturated rings. The van der Waals surface area contributed by atoms with Crippen LogP contribution in [0.25, 0.3) is 10.9 Å². The molecule has 0 aliphatic heterocycles. The summed E-state index contributed by atoms with van der Waals surface area (Å²) in [6.45, 7) is 5.39. The molecule has 1 aromatic carbocycles. The van der Waals surface area contributed by atoms with Gasteiger partial charge in [0.05, 0.1) is 16.8 Å². The highest BCUT2D eigenvalue weighted by molar-refractivity contribution is 6.31. The van der Waals surface area contributed by atoms with Crippen LogP contribution in [0.1, 0.15) is 42.7 Å². The van der Waals surface area contributed by atoms with Crippen molar-refractivity contribution in [2.45, 2.75) is 39.7 Å². The van der Waals surface area contributed by atoms with Gasteiger partial charge < -0.3 is 10.1 Å². The molecule has 1 aromatic heterocycles. The van der Waals surface area contributed by atoms with Crippen LogP contribution in [0.4, 0.5) is 0 Å². The molecule has 6 heteroatoms. The number of nitrogens with zero attached hydrogens (tertiary/aromatic N) is 1. The van der Waals surface area contributed by atoms with E-state index in [-0.39, 0.29) is 18.6 Å². The molecule has 2 rings (SSSR count). The monoisotopic (exact) mass is 348 g/mol. The number of nitrogens with one attached hydrogen (secondary N) is 1. The van der Waals surface area contributed by atoms with E-state index in [9.17, 15) is 9.59 Å². The number of hydrogen-bond acceptors (Lipinski definition) is 4. The second kappa shape index (κ2) is 8.11. The minimum Gasteiger partial charge on any atom is -0.452 e. The summed E-state index contributed by atoms with van der Waals surface area (Å²) < 4.78 is 5.10. The zero-order valence-electron chi connectivity index (χ0n) is 14.1. The number of benzene rings is 1. The van der Waals surface area contributed by atoms with Crippen LogP contribution in [0.3, 0.4) is 0 Å². The van der Waals surface area contributed by atoms with E-state index >= 15 is 0 Å². The third kappa shape index (κ3) is 4.68. The highest BCUT2D eigenvalue weighted by Gasteiger charge is 2.15. The molecule has 1 atom stereocenters. The lowest BCUT2D eigenvalue weighted by Crippen LogP contribution is -2.35. The predicted octanol–water partition coefficient (Wildman–Crippen LogP) is 3.66. The largest absolute Gasteiger partial charge is 0.452 e. The molecule has 0 saturated carbocycles. The van der Waals surface area contributed by atoms with E-state index in [4.69, 9.17) is 16.3 Å². The maximum atomic E-state index is 12.2. The first-order valence-corrected chi connectivity index (χ1v) is 8.32. The lowest BCUT2D eigenvalue weighted by molar-refractivity contribution is -0.124. The Morgan fingerprint density at radius 3 is 2.79 bits per heavy atom. The van der Waals surface area contributed by atoms with E-state index in [1.807, 2.05) is 13.8 Å². The number of rotatable bonds is 6. The molecule has 1 N–H and O–H groups in total. The second-order valence-electron chi connectivity index (χ2n) is 5.79. The molecule has 0 spiro atoms. The maximum absolute atomic E-state index is 12.2. The van der Waals surface area contributed by atoms with Crippen molar-refractivity contribution in [1.82, 2.24) is 10.3 Å². The first kappa shape index (κ1) is 18.2. The number of hydrogen-bond donors (Lipinski definition) is 1. The molecule has 5 nitrogen and oxygen atoms in total. The lowest BCUT2D eigenvalue weighted by atomic mass is 10.1. The molecule has 0 aliphatic rings. The number of fused-ring (bicyclic) bond motifs is 1. The zero-order chi connectivity index (χ0) is 17.7. The van der Waals surface area contributed by atoms with Crippen LogP contribution < -0.4 is 5.32 Å². The highest BCUT2D eigenvalue weighted by atomic mass is 35.5. The molecule has 0 radical (unpaired) electrons. The maximum Gasteiger partial charge on any atom is 0.340 e. The third-order valence-electron chi connectivity index (χ3n) is 3.65. The van der Waals surface area contributed by atoms with E-state index in [1.165, 1.54) is 0 Å². The van der Waals surface area contributed by atoms with Gasteiger partial charge in [0.2, 0.25) is 0 Å². The number of halogens is 1. The Morgan fingerprint density at radius 1 is 1.33 bits per heavy atom.